The van der Waals surface area contributed by atoms with Crippen LogP contribution in [0.15, 0.2) is 71.3 Å². The first-order chi connectivity index (χ1) is 21.5. The molecule has 11 nitrogen and oxygen atoms in total. The number of aromatic nitrogens is 1. The van der Waals surface area contributed by atoms with Gasteiger partial charge in [0.05, 0.1) is 12.0 Å². The van der Waals surface area contributed by atoms with E-state index in [1.165, 1.54) is 11.2 Å². The highest BCUT2D eigenvalue weighted by Gasteiger charge is 2.39. The number of fused-ring (bicyclic) bond motifs is 1. The summed E-state index contributed by atoms with van der Waals surface area (Å²) in [5.74, 6) is -0.271. The number of hydrogen-bond donors (Lipinski definition) is 3. The number of nitrogens with two attached hydrogens (primary N) is 1. The number of furan rings is 1. The fourth-order valence-corrected chi connectivity index (χ4v) is 6.23. The first-order valence-corrected chi connectivity index (χ1v) is 15.4. The van der Waals surface area contributed by atoms with E-state index in [2.05, 4.69) is 15.0 Å². The SMILES string of the molecule is Nc1c(C(=O)NCc2ccccc2)nsc1C(=O)N(c1ccc2c(c1)OCCO2)C(C(=O)NC1CCCCC1)c1ccco1. The van der Waals surface area contributed by atoms with E-state index in [1.807, 2.05) is 30.3 Å². The van der Waals surface area contributed by atoms with Crippen molar-refractivity contribution in [2.24, 2.45) is 0 Å². The zero-order valence-corrected chi connectivity index (χ0v) is 24.8. The van der Waals surface area contributed by atoms with Gasteiger partial charge in [0.2, 0.25) is 0 Å². The minimum atomic E-state index is -1.18. The molecule has 3 heterocycles. The third-order valence-electron chi connectivity index (χ3n) is 7.73. The fourth-order valence-electron chi connectivity index (χ4n) is 5.50. The van der Waals surface area contributed by atoms with Gasteiger partial charge in [-0.2, -0.15) is 4.37 Å². The van der Waals surface area contributed by atoms with E-state index in [0.717, 1.165) is 49.2 Å². The third-order valence-corrected chi connectivity index (χ3v) is 8.58. The van der Waals surface area contributed by atoms with Crippen molar-refractivity contribution in [2.75, 3.05) is 23.8 Å². The van der Waals surface area contributed by atoms with E-state index >= 15 is 0 Å². The lowest BCUT2D eigenvalue weighted by Crippen LogP contribution is -2.47. The van der Waals surface area contributed by atoms with Crippen LogP contribution < -0.4 is 30.7 Å². The Hall–Kier alpha value is -4.84. The van der Waals surface area contributed by atoms with Gasteiger partial charge >= 0.3 is 0 Å². The second-order valence-electron chi connectivity index (χ2n) is 10.7. The Kier molecular flexibility index (Phi) is 8.78. The Bertz CT molecular complexity index is 1620. The molecule has 2 aliphatic rings. The summed E-state index contributed by atoms with van der Waals surface area (Å²) in [6.07, 6.45) is 6.34. The molecule has 2 aromatic heterocycles. The van der Waals surface area contributed by atoms with Gasteiger partial charge in [0.1, 0.15) is 23.9 Å². The van der Waals surface area contributed by atoms with E-state index in [-0.39, 0.29) is 40.5 Å². The first-order valence-electron chi connectivity index (χ1n) is 14.6. The van der Waals surface area contributed by atoms with Crippen molar-refractivity contribution in [1.29, 1.82) is 0 Å². The molecular formula is C32H33N5O6S. The summed E-state index contributed by atoms with van der Waals surface area (Å²) in [6, 6.07) is 16.6. The van der Waals surface area contributed by atoms with Gasteiger partial charge in [-0.15, -0.1) is 0 Å². The van der Waals surface area contributed by atoms with Gasteiger partial charge in [-0.25, -0.2) is 0 Å². The van der Waals surface area contributed by atoms with Crippen LogP contribution in [0.4, 0.5) is 11.4 Å². The minimum absolute atomic E-state index is 0.0145. The Morgan fingerprint density at radius 2 is 1.75 bits per heavy atom. The predicted molar refractivity (Wildman–Crippen MR) is 165 cm³/mol. The molecule has 12 heteroatoms. The van der Waals surface area contributed by atoms with Crippen LogP contribution in [-0.4, -0.2) is 41.4 Å². The summed E-state index contributed by atoms with van der Waals surface area (Å²) in [7, 11) is 0. The van der Waals surface area contributed by atoms with Gasteiger partial charge in [0, 0.05) is 24.3 Å². The average molecular weight is 616 g/mol. The zero-order valence-electron chi connectivity index (χ0n) is 24.0. The lowest BCUT2D eigenvalue weighted by atomic mass is 9.95. The maximum Gasteiger partial charge on any atom is 0.273 e. The maximum absolute atomic E-state index is 14.5. The molecule has 0 spiro atoms. The number of benzene rings is 2. The quantitative estimate of drug-likeness (QED) is 0.242. The molecule has 4 N–H and O–H groups in total. The van der Waals surface area contributed by atoms with Gasteiger partial charge in [-0.05, 0) is 54.2 Å². The number of rotatable bonds is 9. The molecule has 1 unspecified atom stereocenters. The molecule has 0 saturated heterocycles. The van der Waals surface area contributed by atoms with Crippen molar-refractivity contribution in [3.8, 4) is 11.5 Å². The minimum Gasteiger partial charge on any atom is -0.486 e. The van der Waals surface area contributed by atoms with Gasteiger partial charge in [0.15, 0.2) is 23.2 Å². The van der Waals surface area contributed by atoms with Gasteiger partial charge < -0.3 is 30.3 Å². The Morgan fingerprint density at radius 1 is 0.977 bits per heavy atom. The number of amides is 3. The number of anilines is 2. The summed E-state index contributed by atoms with van der Waals surface area (Å²) < 4.78 is 21.5. The molecule has 1 atom stereocenters. The Morgan fingerprint density at radius 3 is 2.50 bits per heavy atom. The number of nitrogens with zero attached hydrogens (tertiary/aromatic N) is 2. The summed E-state index contributed by atoms with van der Waals surface area (Å²) in [5.41, 5.74) is 7.55. The molecule has 2 aromatic carbocycles. The van der Waals surface area contributed by atoms with Gasteiger partial charge in [-0.1, -0.05) is 49.6 Å². The molecule has 1 aliphatic carbocycles. The summed E-state index contributed by atoms with van der Waals surface area (Å²) in [4.78, 5) is 42.9. The number of carbonyl (C=O) groups is 3. The number of carbonyl (C=O) groups excluding carboxylic acids is 3. The molecule has 3 amide bonds. The van der Waals surface area contributed by atoms with Gasteiger partial charge in [0.25, 0.3) is 17.7 Å². The molecule has 1 aliphatic heterocycles. The molecule has 4 aromatic rings. The van der Waals surface area contributed by atoms with Crippen molar-refractivity contribution in [2.45, 2.75) is 50.7 Å². The average Bonchev–Trinajstić information content (AvgIpc) is 3.73. The zero-order chi connectivity index (χ0) is 30.5. The van der Waals surface area contributed by atoms with Crippen LogP contribution in [0.2, 0.25) is 0 Å². The van der Waals surface area contributed by atoms with Crippen LogP contribution in [0, 0.1) is 0 Å². The summed E-state index contributed by atoms with van der Waals surface area (Å²) in [5, 5.41) is 5.94. The van der Waals surface area contributed by atoms with E-state index in [0.29, 0.717) is 30.4 Å². The lowest BCUT2D eigenvalue weighted by Gasteiger charge is -2.32. The number of hydrogen-bond acceptors (Lipinski definition) is 9. The highest BCUT2D eigenvalue weighted by Crippen LogP contribution is 2.39. The molecule has 0 bridgehead atoms. The molecular weight excluding hydrogens is 582 g/mol. The van der Waals surface area contributed by atoms with Crippen molar-refractivity contribution in [1.82, 2.24) is 15.0 Å². The van der Waals surface area contributed by atoms with E-state index in [9.17, 15) is 14.4 Å². The third kappa shape index (κ3) is 6.25. The van der Waals surface area contributed by atoms with Crippen molar-refractivity contribution in [3.63, 3.8) is 0 Å². The van der Waals surface area contributed by atoms with Crippen molar-refractivity contribution in [3.05, 3.63) is 88.8 Å². The first kappa shape index (κ1) is 29.2. The van der Waals surface area contributed by atoms with E-state index in [1.54, 1.807) is 30.3 Å². The van der Waals surface area contributed by atoms with Crippen LogP contribution in [-0.2, 0) is 11.3 Å². The van der Waals surface area contributed by atoms with Crippen LogP contribution in [0.1, 0.15) is 69.6 Å². The molecule has 1 saturated carbocycles. The van der Waals surface area contributed by atoms with Crippen molar-refractivity contribution >= 4 is 40.6 Å². The summed E-state index contributed by atoms with van der Waals surface area (Å²) >= 11 is 0.803. The number of nitrogens with one attached hydrogen (secondary N) is 2. The second kappa shape index (κ2) is 13.2. The molecule has 228 valence electrons. The second-order valence-corrected chi connectivity index (χ2v) is 11.5. The standard InChI is InChI=1S/C32H33N5O6S/c33-26-27(30(38)34-19-20-8-3-1-4-9-20)36-44-29(26)32(40)37(22-13-14-23-25(18-22)43-17-16-42-23)28(24-12-7-15-41-24)31(39)35-21-10-5-2-6-11-21/h1,3-4,7-9,12-15,18,21,28H,2,5-6,10-11,16-17,19,33H2,(H,34,38)(H,35,39). The highest BCUT2D eigenvalue weighted by atomic mass is 32.1. The molecule has 6 rings (SSSR count). The van der Waals surface area contributed by atoms with Crippen LogP contribution in [0.3, 0.4) is 0 Å². The Balaban J connectivity index is 1.35. The highest BCUT2D eigenvalue weighted by molar-refractivity contribution is 7.09. The smallest absolute Gasteiger partial charge is 0.273 e. The van der Waals surface area contributed by atoms with E-state index < -0.39 is 17.9 Å². The monoisotopic (exact) mass is 615 g/mol. The van der Waals surface area contributed by atoms with Gasteiger partial charge in [-0.3, -0.25) is 19.3 Å². The Labute approximate surface area is 258 Å². The van der Waals surface area contributed by atoms with Crippen LogP contribution >= 0.6 is 11.5 Å². The van der Waals surface area contributed by atoms with Crippen molar-refractivity contribution < 1.29 is 28.3 Å². The van der Waals surface area contributed by atoms with Crippen LogP contribution in [0.25, 0.3) is 0 Å². The molecule has 44 heavy (non-hydrogen) atoms. The van der Waals surface area contributed by atoms with E-state index in [4.69, 9.17) is 19.6 Å². The fraction of sp³-hybridized carbons (Fsp3) is 0.312. The topological polar surface area (TPSA) is 149 Å². The number of nitrogen functional groups attached to an aromatic ring is 1. The molecule has 1 fully saturated rings. The lowest BCUT2D eigenvalue weighted by molar-refractivity contribution is -0.123. The summed E-state index contributed by atoms with van der Waals surface area (Å²) in [6.45, 7) is 1.02. The largest absolute Gasteiger partial charge is 0.486 e. The maximum atomic E-state index is 14.5. The van der Waals surface area contributed by atoms with Crippen LogP contribution in [0.5, 0.6) is 11.5 Å². The molecule has 0 radical (unpaired) electrons. The number of ether oxygens (including phenoxy) is 2. The predicted octanol–water partition coefficient (Wildman–Crippen LogP) is 4.86. The normalized spacial score (nSPS) is 15.3.